The molecule has 0 radical (unpaired) electrons. The van der Waals surface area contributed by atoms with Crippen LogP contribution in [0.4, 0.5) is 0 Å². The number of carbonyl (C=O) groups excluding carboxylic acids is 1. The van der Waals surface area contributed by atoms with Crippen molar-refractivity contribution in [3.05, 3.63) is 40.4 Å². The second-order valence-corrected chi connectivity index (χ2v) is 5.95. The monoisotopic (exact) mass is 292 g/mol. The second-order valence-electron chi connectivity index (χ2n) is 5.52. The number of hydrogen-bond donors (Lipinski definition) is 0. The lowest BCUT2D eigenvalue weighted by atomic mass is 9.93. The second kappa shape index (κ2) is 5.29. The zero-order valence-corrected chi connectivity index (χ0v) is 12.7. The largest absolute Gasteiger partial charge is 0.397 e. The lowest BCUT2D eigenvalue weighted by molar-refractivity contribution is -0.129. The Morgan fingerprint density at radius 1 is 1.25 bits per heavy atom. The smallest absolute Gasteiger partial charge is 0.263 e. The molecule has 0 saturated carbocycles. The Morgan fingerprint density at radius 3 is 2.35 bits per heavy atom. The Bertz CT molecular complexity index is 583. The topological polar surface area (TPSA) is 41.9 Å². The molecule has 0 N–H and O–H groups in total. The summed E-state index contributed by atoms with van der Waals surface area (Å²) in [4.78, 5) is 18.7. The standard InChI is InChI=1S/C15H17ClN2O2/c1-15(2,3)18-13(17-20-4)12(14(18)19)9-10-5-7-11(16)8-6-10/h5-9H,1-4H3. The van der Waals surface area contributed by atoms with Crippen molar-refractivity contribution in [2.24, 2.45) is 5.16 Å². The van der Waals surface area contributed by atoms with E-state index in [2.05, 4.69) is 5.16 Å². The average Bonchev–Trinajstić information content (AvgIpc) is 2.36. The highest BCUT2D eigenvalue weighted by Gasteiger charge is 2.45. The van der Waals surface area contributed by atoms with Gasteiger partial charge in [-0.2, -0.15) is 0 Å². The Labute approximate surface area is 123 Å². The average molecular weight is 293 g/mol. The first-order chi connectivity index (χ1) is 9.34. The van der Waals surface area contributed by atoms with Crippen LogP contribution in [0.5, 0.6) is 0 Å². The number of carbonyl (C=O) groups is 1. The van der Waals surface area contributed by atoms with Crippen LogP contribution in [0, 0.1) is 0 Å². The van der Waals surface area contributed by atoms with Gasteiger partial charge in [0.1, 0.15) is 7.11 Å². The molecule has 1 aromatic carbocycles. The van der Waals surface area contributed by atoms with Crippen molar-refractivity contribution in [2.75, 3.05) is 7.11 Å². The predicted molar refractivity (Wildman–Crippen MR) is 80.5 cm³/mol. The number of amidine groups is 1. The minimum Gasteiger partial charge on any atom is -0.397 e. The highest BCUT2D eigenvalue weighted by molar-refractivity contribution is 6.38. The number of hydrogen-bond acceptors (Lipinski definition) is 3. The van der Waals surface area contributed by atoms with E-state index in [1.165, 1.54) is 7.11 Å². The quantitative estimate of drug-likeness (QED) is 0.477. The fourth-order valence-corrected chi connectivity index (χ4v) is 2.16. The van der Waals surface area contributed by atoms with Crippen molar-refractivity contribution in [3.8, 4) is 0 Å². The molecule has 4 nitrogen and oxygen atoms in total. The number of halogens is 1. The van der Waals surface area contributed by atoms with Crippen LogP contribution in [0.15, 0.2) is 35.0 Å². The van der Waals surface area contributed by atoms with Gasteiger partial charge >= 0.3 is 0 Å². The molecule has 106 valence electrons. The summed E-state index contributed by atoms with van der Waals surface area (Å²) in [5.74, 6) is 0.503. The van der Waals surface area contributed by atoms with E-state index in [-0.39, 0.29) is 11.4 Å². The number of β-lactam (4-membered cyclic amide) rings is 1. The maximum absolute atomic E-state index is 12.3. The molecule has 0 unspecified atom stereocenters. The molecule has 0 bridgehead atoms. The fraction of sp³-hybridized carbons (Fsp3) is 0.333. The van der Waals surface area contributed by atoms with Crippen LogP contribution in [-0.2, 0) is 9.63 Å². The highest BCUT2D eigenvalue weighted by Crippen LogP contribution is 2.31. The van der Waals surface area contributed by atoms with Crippen LogP contribution >= 0.6 is 11.6 Å². The molecule has 1 saturated heterocycles. The third-order valence-electron chi connectivity index (χ3n) is 2.92. The van der Waals surface area contributed by atoms with E-state index >= 15 is 0 Å². The van der Waals surface area contributed by atoms with Gasteiger partial charge in [-0.15, -0.1) is 0 Å². The lowest BCUT2D eigenvalue weighted by Crippen LogP contribution is -2.60. The van der Waals surface area contributed by atoms with Gasteiger partial charge < -0.3 is 4.84 Å². The van der Waals surface area contributed by atoms with Gasteiger partial charge in [-0.1, -0.05) is 28.9 Å². The zero-order valence-electron chi connectivity index (χ0n) is 12.0. The van der Waals surface area contributed by atoms with Gasteiger partial charge in [0.25, 0.3) is 5.91 Å². The molecule has 5 heteroatoms. The summed E-state index contributed by atoms with van der Waals surface area (Å²) in [6.45, 7) is 5.86. The maximum Gasteiger partial charge on any atom is 0.263 e. The zero-order chi connectivity index (χ0) is 14.9. The summed E-state index contributed by atoms with van der Waals surface area (Å²) >= 11 is 5.85. The first-order valence-electron chi connectivity index (χ1n) is 6.28. The molecule has 1 amide bonds. The van der Waals surface area contributed by atoms with Gasteiger partial charge in [0.15, 0.2) is 5.84 Å². The number of likely N-dealkylation sites (tertiary alicyclic amines) is 1. The third-order valence-corrected chi connectivity index (χ3v) is 3.17. The van der Waals surface area contributed by atoms with Gasteiger partial charge in [0.05, 0.1) is 5.57 Å². The van der Waals surface area contributed by atoms with E-state index in [1.807, 2.05) is 32.9 Å². The molecular weight excluding hydrogens is 276 g/mol. The number of oxime groups is 1. The maximum atomic E-state index is 12.3. The Hall–Kier alpha value is -1.81. The van der Waals surface area contributed by atoms with Crippen molar-refractivity contribution < 1.29 is 9.63 Å². The summed E-state index contributed by atoms with van der Waals surface area (Å²) in [7, 11) is 1.47. The molecule has 1 fully saturated rings. The summed E-state index contributed by atoms with van der Waals surface area (Å²) in [5, 5.41) is 4.61. The molecule has 20 heavy (non-hydrogen) atoms. The SMILES string of the molecule is CON=C1C(=Cc2ccc(Cl)cc2)C(=O)N1C(C)(C)C. The van der Waals surface area contributed by atoms with E-state index in [0.717, 1.165) is 5.56 Å². The molecule has 2 rings (SSSR count). The molecule has 0 atom stereocenters. The van der Waals surface area contributed by atoms with Gasteiger partial charge in [-0.25, -0.2) is 0 Å². The van der Waals surface area contributed by atoms with Crippen LogP contribution in [0.3, 0.4) is 0 Å². The minimum absolute atomic E-state index is 0.0525. The normalized spacial score (nSPS) is 19.4. The van der Waals surface area contributed by atoms with Crippen molar-refractivity contribution >= 4 is 29.4 Å². The van der Waals surface area contributed by atoms with Crippen LogP contribution in [0.2, 0.25) is 5.02 Å². The van der Waals surface area contributed by atoms with Gasteiger partial charge in [-0.05, 0) is 44.5 Å². The third kappa shape index (κ3) is 2.70. The Kier molecular flexibility index (Phi) is 3.86. The minimum atomic E-state index is -0.328. The molecule has 1 aromatic rings. The van der Waals surface area contributed by atoms with Gasteiger partial charge in [-0.3, -0.25) is 9.69 Å². The molecule has 0 aliphatic carbocycles. The van der Waals surface area contributed by atoms with E-state index < -0.39 is 0 Å². The molecule has 0 spiro atoms. The summed E-state index contributed by atoms with van der Waals surface area (Å²) in [6, 6.07) is 7.27. The van der Waals surface area contributed by atoms with E-state index in [0.29, 0.717) is 16.4 Å². The summed E-state index contributed by atoms with van der Waals surface area (Å²) in [5.41, 5.74) is 1.12. The van der Waals surface area contributed by atoms with Gasteiger partial charge in [0.2, 0.25) is 0 Å². The van der Waals surface area contributed by atoms with E-state index in [4.69, 9.17) is 16.4 Å². The van der Waals surface area contributed by atoms with Crippen LogP contribution in [-0.4, -0.2) is 29.3 Å². The molecular formula is C15H17ClN2O2. The number of amides is 1. The first-order valence-corrected chi connectivity index (χ1v) is 6.66. The van der Waals surface area contributed by atoms with Crippen molar-refractivity contribution in [3.63, 3.8) is 0 Å². The van der Waals surface area contributed by atoms with Crippen LogP contribution < -0.4 is 0 Å². The Balaban J connectivity index is 2.35. The summed E-state index contributed by atoms with van der Waals surface area (Å²) < 4.78 is 0. The Morgan fingerprint density at radius 2 is 1.85 bits per heavy atom. The highest BCUT2D eigenvalue weighted by atomic mass is 35.5. The first kappa shape index (κ1) is 14.6. The number of nitrogens with zero attached hydrogens (tertiary/aromatic N) is 2. The molecule has 0 aromatic heterocycles. The van der Waals surface area contributed by atoms with Crippen molar-refractivity contribution in [1.82, 2.24) is 4.90 Å². The molecule has 1 aliphatic heterocycles. The fourth-order valence-electron chi connectivity index (χ4n) is 2.03. The van der Waals surface area contributed by atoms with Crippen molar-refractivity contribution in [1.29, 1.82) is 0 Å². The molecule has 1 heterocycles. The lowest BCUT2D eigenvalue weighted by Gasteiger charge is -2.43. The van der Waals surface area contributed by atoms with Crippen molar-refractivity contribution in [2.45, 2.75) is 26.3 Å². The van der Waals surface area contributed by atoms with Crippen LogP contribution in [0.1, 0.15) is 26.3 Å². The predicted octanol–water partition coefficient (Wildman–Crippen LogP) is 3.32. The number of rotatable bonds is 2. The summed E-state index contributed by atoms with van der Waals surface area (Å²) in [6.07, 6.45) is 1.79. The van der Waals surface area contributed by atoms with Crippen LogP contribution in [0.25, 0.3) is 6.08 Å². The molecule has 1 aliphatic rings. The van der Waals surface area contributed by atoms with Gasteiger partial charge in [0, 0.05) is 10.6 Å². The van der Waals surface area contributed by atoms with E-state index in [1.54, 1.807) is 23.1 Å². The van der Waals surface area contributed by atoms with E-state index in [9.17, 15) is 4.79 Å². The number of benzene rings is 1.